The Hall–Kier alpha value is -1.42. The van der Waals surface area contributed by atoms with Crippen LogP contribution < -0.4 is 5.32 Å². The van der Waals surface area contributed by atoms with Crippen LogP contribution in [-0.2, 0) is 19.4 Å². The first kappa shape index (κ1) is 20.3. The van der Waals surface area contributed by atoms with Crippen molar-refractivity contribution in [2.24, 2.45) is 0 Å². The molecule has 6 nitrogen and oxygen atoms in total. The summed E-state index contributed by atoms with van der Waals surface area (Å²) in [7, 11) is -3.05. The Bertz CT molecular complexity index is 913. The van der Waals surface area contributed by atoms with Crippen molar-refractivity contribution in [3.8, 4) is 0 Å². The van der Waals surface area contributed by atoms with E-state index in [1.807, 2.05) is 0 Å². The average molecular weight is 445 g/mol. The Morgan fingerprint density at radius 2 is 2.07 bits per heavy atom. The Balaban J connectivity index is 1.56. The molecular weight excluding hydrogens is 428 g/mol. The number of thiocarbonyl (C=S) groups is 1. The third-order valence-corrected chi connectivity index (χ3v) is 7.60. The van der Waals surface area contributed by atoms with Crippen LogP contribution in [0.2, 0.25) is 5.02 Å². The van der Waals surface area contributed by atoms with Crippen LogP contribution in [0.1, 0.15) is 18.4 Å². The fourth-order valence-corrected chi connectivity index (χ4v) is 5.93. The first-order chi connectivity index (χ1) is 12.7. The van der Waals surface area contributed by atoms with Gasteiger partial charge in [-0.15, -0.1) is 0 Å². The van der Waals surface area contributed by atoms with Gasteiger partial charge in [0.15, 0.2) is 9.84 Å². The van der Waals surface area contributed by atoms with E-state index in [0.717, 1.165) is 5.56 Å². The van der Waals surface area contributed by atoms with E-state index in [2.05, 4.69) is 5.32 Å². The molecule has 27 heavy (non-hydrogen) atoms. The molecule has 0 aliphatic carbocycles. The molecular formula is C17H17ClN2O4S3. The summed E-state index contributed by atoms with van der Waals surface area (Å²) in [6.45, 7) is 0.161. The predicted molar refractivity (Wildman–Crippen MR) is 111 cm³/mol. The van der Waals surface area contributed by atoms with Crippen LogP contribution in [0.4, 0.5) is 0 Å². The number of carbonyl (C=O) groups is 2. The second kappa shape index (κ2) is 8.30. The van der Waals surface area contributed by atoms with E-state index >= 15 is 0 Å². The Kier molecular flexibility index (Phi) is 6.25. The van der Waals surface area contributed by atoms with Crippen LogP contribution in [0, 0.1) is 0 Å². The van der Waals surface area contributed by atoms with Gasteiger partial charge in [0.2, 0.25) is 5.91 Å². The molecule has 1 N–H and O–H groups in total. The second-order valence-electron chi connectivity index (χ2n) is 6.30. The van der Waals surface area contributed by atoms with E-state index in [1.54, 1.807) is 30.3 Å². The molecule has 144 valence electrons. The lowest BCUT2D eigenvalue weighted by molar-refractivity contribution is -0.124. The van der Waals surface area contributed by atoms with Gasteiger partial charge in [0.1, 0.15) is 4.32 Å². The number of nitrogens with zero attached hydrogens (tertiary/aromatic N) is 1. The number of halogens is 1. The molecule has 2 heterocycles. The molecule has 0 aromatic heterocycles. The topological polar surface area (TPSA) is 83.6 Å². The maximum atomic E-state index is 12.5. The molecule has 1 aromatic carbocycles. The first-order valence-electron chi connectivity index (χ1n) is 8.24. The molecule has 0 spiro atoms. The van der Waals surface area contributed by atoms with Gasteiger partial charge in [-0.1, -0.05) is 47.7 Å². The summed E-state index contributed by atoms with van der Waals surface area (Å²) < 4.78 is 23.3. The average Bonchev–Trinajstić information content (AvgIpc) is 3.07. The molecule has 0 bridgehead atoms. The van der Waals surface area contributed by atoms with Gasteiger partial charge in [0, 0.05) is 24.0 Å². The van der Waals surface area contributed by atoms with Crippen LogP contribution in [0.15, 0.2) is 29.2 Å². The highest BCUT2D eigenvalue weighted by Gasteiger charge is 2.33. The van der Waals surface area contributed by atoms with E-state index in [9.17, 15) is 18.0 Å². The van der Waals surface area contributed by atoms with Crippen LogP contribution in [0.5, 0.6) is 0 Å². The van der Waals surface area contributed by atoms with Crippen LogP contribution in [-0.4, -0.2) is 53.5 Å². The lowest BCUT2D eigenvalue weighted by atomic mass is 10.2. The smallest absolute Gasteiger partial charge is 0.266 e. The number of carbonyl (C=O) groups excluding carboxylic acids is 2. The van der Waals surface area contributed by atoms with Crippen LogP contribution >= 0.6 is 35.6 Å². The van der Waals surface area contributed by atoms with E-state index in [1.165, 1.54) is 16.7 Å². The maximum absolute atomic E-state index is 12.5. The van der Waals surface area contributed by atoms with Crippen LogP contribution in [0.3, 0.4) is 0 Å². The molecule has 2 saturated heterocycles. The zero-order valence-electron chi connectivity index (χ0n) is 14.2. The van der Waals surface area contributed by atoms with E-state index in [0.29, 0.717) is 20.7 Å². The standard InChI is InChI=1S/C17H17ClN2O4S3/c18-12-3-1-11(2-4-12)9-14-16(22)20(17(25)26-14)7-5-15(21)19-13-6-8-27(23,24)10-13/h1-4,9,13H,5-8,10H2,(H,19,21). The molecule has 1 unspecified atom stereocenters. The number of benzene rings is 1. The fourth-order valence-electron chi connectivity index (χ4n) is 2.83. The first-order valence-corrected chi connectivity index (χ1v) is 11.7. The predicted octanol–water partition coefficient (Wildman–Crippen LogP) is 2.23. The van der Waals surface area contributed by atoms with Crippen molar-refractivity contribution >= 4 is 67.6 Å². The van der Waals surface area contributed by atoms with Gasteiger partial charge in [-0.2, -0.15) is 0 Å². The molecule has 3 rings (SSSR count). The number of amides is 2. The van der Waals surface area contributed by atoms with Gasteiger partial charge in [0.25, 0.3) is 5.91 Å². The fraction of sp³-hybridized carbons (Fsp3) is 0.353. The molecule has 2 amide bonds. The Labute approximate surface area is 172 Å². The Morgan fingerprint density at radius 3 is 2.70 bits per heavy atom. The van der Waals surface area contributed by atoms with Gasteiger partial charge in [-0.25, -0.2) is 8.42 Å². The van der Waals surface area contributed by atoms with E-state index < -0.39 is 9.84 Å². The number of sulfone groups is 1. The summed E-state index contributed by atoms with van der Waals surface area (Å²) >= 11 is 12.3. The quantitative estimate of drug-likeness (QED) is 0.554. The van der Waals surface area contributed by atoms with Gasteiger partial charge >= 0.3 is 0 Å². The molecule has 2 aliphatic heterocycles. The summed E-state index contributed by atoms with van der Waals surface area (Å²) in [4.78, 5) is 26.5. The van der Waals surface area contributed by atoms with Crippen molar-refractivity contribution in [1.82, 2.24) is 10.2 Å². The number of nitrogens with one attached hydrogen (secondary N) is 1. The van der Waals surface area contributed by atoms with Crippen molar-refractivity contribution in [2.45, 2.75) is 18.9 Å². The molecule has 2 fully saturated rings. The summed E-state index contributed by atoms with van der Waals surface area (Å²) in [5, 5.41) is 3.32. The molecule has 10 heteroatoms. The summed E-state index contributed by atoms with van der Waals surface area (Å²) in [5.41, 5.74) is 0.833. The zero-order chi connectivity index (χ0) is 19.6. The molecule has 2 aliphatic rings. The number of hydrogen-bond donors (Lipinski definition) is 1. The van der Waals surface area contributed by atoms with Crippen molar-refractivity contribution in [1.29, 1.82) is 0 Å². The van der Waals surface area contributed by atoms with Crippen molar-refractivity contribution in [3.05, 3.63) is 39.8 Å². The second-order valence-corrected chi connectivity index (χ2v) is 10.6. The lowest BCUT2D eigenvalue weighted by Crippen LogP contribution is -2.38. The van der Waals surface area contributed by atoms with Gasteiger partial charge in [-0.05, 0) is 30.2 Å². The summed E-state index contributed by atoms with van der Waals surface area (Å²) in [6, 6.07) is 6.73. The highest BCUT2D eigenvalue weighted by atomic mass is 35.5. The third-order valence-electron chi connectivity index (χ3n) is 4.20. The molecule has 1 aromatic rings. The summed E-state index contributed by atoms with van der Waals surface area (Å²) in [5.74, 6) is -0.449. The highest BCUT2D eigenvalue weighted by molar-refractivity contribution is 8.26. The maximum Gasteiger partial charge on any atom is 0.266 e. The number of thioether (sulfide) groups is 1. The minimum Gasteiger partial charge on any atom is -0.352 e. The van der Waals surface area contributed by atoms with E-state index in [4.69, 9.17) is 23.8 Å². The van der Waals surface area contributed by atoms with Crippen molar-refractivity contribution in [2.75, 3.05) is 18.1 Å². The minimum absolute atomic E-state index is 0.0242. The van der Waals surface area contributed by atoms with Gasteiger partial charge in [-0.3, -0.25) is 14.5 Å². The van der Waals surface area contributed by atoms with Crippen molar-refractivity contribution in [3.63, 3.8) is 0 Å². The molecule has 0 saturated carbocycles. The van der Waals surface area contributed by atoms with Crippen molar-refractivity contribution < 1.29 is 18.0 Å². The molecule has 0 radical (unpaired) electrons. The monoisotopic (exact) mass is 444 g/mol. The van der Waals surface area contributed by atoms with Crippen LogP contribution in [0.25, 0.3) is 6.08 Å². The van der Waals surface area contributed by atoms with Gasteiger partial charge in [0.05, 0.1) is 16.4 Å². The largest absolute Gasteiger partial charge is 0.352 e. The lowest BCUT2D eigenvalue weighted by Gasteiger charge is -2.15. The minimum atomic E-state index is -3.05. The zero-order valence-corrected chi connectivity index (χ0v) is 17.4. The highest BCUT2D eigenvalue weighted by Crippen LogP contribution is 2.32. The number of hydrogen-bond acceptors (Lipinski definition) is 6. The normalized spacial score (nSPS) is 23.2. The number of rotatable bonds is 5. The summed E-state index contributed by atoms with van der Waals surface area (Å²) in [6.07, 6.45) is 2.23. The molecule has 1 atom stereocenters. The van der Waals surface area contributed by atoms with Gasteiger partial charge < -0.3 is 5.32 Å². The third kappa shape index (κ3) is 5.31. The SMILES string of the molecule is O=C(CCN1C(=O)C(=Cc2ccc(Cl)cc2)SC1=S)NC1CCS(=O)(=O)C1. The Morgan fingerprint density at radius 1 is 1.37 bits per heavy atom. The van der Waals surface area contributed by atoms with E-state index in [-0.39, 0.29) is 42.3 Å².